The molecule has 7 nitrogen and oxygen atoms in total. The van der Waals surface area contributed by atoms with Crippen molar-refractivity contribution >= 4 is 28.8 Å². The van der Waals surface area contributed by atoms with Gasteiger partial charge in [-0.15, -0.1) is 4.33 Å². The van der Waals surface area contributed by atoms with Crippen molar-refractivity contribution in [3.05, 3.63) is 36.4 Å². The molecular weight excluding hydrogens is 350 g/mol. The minimum atomic E-state index is -4.05. The Labute approximate surface area is 138 Å². The highest BCUT2D eigenvalue weighted by Gasteiger charge is 2.44. The number of phenols is 1. The number of esters is 1. The number of benzene rings is 2. The van der Waals surface area contributed by atoms with Gasteiger partial charge in [0.1, 0.15) is 36.8 Å². The quantitative estimate of drug-likeness (QED) is 0.243. The summed E-state index contributed by atoms with van der Waals surface area (Å²) < 4.78 is 39.5. The van der Waals surface area contributed by atoms with Gasteiger partial charge in [0.05, 0.1) is 0 Å². The van der Waals surface area contributed by atoms with Crippen LogP contribution >= 0.6 is 12.0 Å². The molecule has 0 radical (unpaired) electrons. The Balaban J connectivity index is 1.89. The molecule has 0 aliphatic carbocycles. The van der Waals surface area contributed by atoms with Crippen LogP contribution < -0.4 is 4.74 Å². The second kappa shape index (κ2) is 8.11. The van der Waals surface area contributed by atoms with Crippen LogP contribution in [-0.2, 0) is 18.9 Å². The molecule has 2 N–H and O–H groups in total. The second-order valence-electron chi connectivity index (χ2n) is 4.36. The van der Waals surface area contributed by atoms with Gasteiger partial charge in [0.2, 0.25) is 0 Å². The van der Waals surface area contributed by atoms with Crippen LogP contribution in [0.3, 0.4) is 0 Å². The number of alkyl halides is 2. The fourth-order valence-electron chi connectivity index (χ4n) is 1.85. The van der Waals surface area contributed by atoms with E-state index in [2.05, 4.69) is 14.1 Å². The van der Waals surface area contributed by atoms with Gasteiger partial charge >= 0.3 is 11.2 Å². The third-order valence-corrected chi connectivity index (χ3v) is 3.34. The Hall–Kier alpha value is -2.14. The first kappa shape index (κ1) is 18.2. The molecule has 0 amide bonds. The zero-order chi connectivity index (χ0) is 17.6. The van der Waals surface area contributed by atoms with E-state index < -0.39 is 29.9 Å². The van der Waals surface area contributed by atoms with Gasteiger partial charge in [-0.1, -0.05) is 29.3 Å². The predicted molar refractivity (Wildman–Crippen MR) is 79.4 cm³/mol. The summed E-state index contributed by atoms with van der Waals surface area (Å²) in [5.74, 6) is -1.39. The molecule has 0 fully saturated rings. The summed E-state index contributed by atoms with van der Waals surface area (Å²) in [5, 5.41) is 17.7. The van der Waals surface area contributed by atoms with Crippen molar-refractivity contribution in [3.8, 4) is 11.5 Å². The Morgan fingerprint density at radius 1 is 1.12 bits per heavy atom. The summed E-state index contributed by atoms with van der Waals surface area (Å²) >= 11 is -0.704. The van der Waals surface area contributed by atoms with Crippen molar-refractivity contribution in [3.63, 3.8) is 0 Å². The number of hydrogen-bond donors (Lipinski definition) is 2. The van der Waals surface area contributed by atoms with Crippen molar-refractivity contribution in [1.82, 2.24) is 0 Å². The zero-order valence-electron chi connectivity index (χ0n) is 12.0. The Morgan fingerprint density at radius 2 is 1.83 bits per heavy atom. The van der Waals surface area contributed by atoms with Gasteiger partial charge in [0, 0.05) is 10.8 Å². The van der Waals surface area contributed by atoms with Gasteiger partial charge in [-0.05, 0) is 12.1 Å². The fraction of sp³-hybridized carbons (Fsp3) is 0.214. The van der Waals surface area contributed by atoms with E-state index in [1.165, 1.54) is 6.07 Å². The van der Waals surface area contributed by atoms with Gasteiger partial charge < -0.3 is 14.6 Å². The highest BCUT2D eigenvalue weighted by Crippen LogP contribution is 2.32. The van der Waals surface area contributed by atoms with E-state index in [0.29, 0.717) is 16.5 Å². The Morgan fingerprint density at radius 3 is 2.58 bits per heavy atom. The summed E-state index contributed by atoms with van der Waals surface area (Å²) in [6.45, 7) is -0.622. The third kappa shape index (κ3) is 4.45. The number of ether oxygens (including phenoxy) is 2. The number of hydrogen-bond acceptors (Lipinski definition) is 8. The van der Waals surface area contributed by atoms with E-state index in [9.17, 15) is 18.7 Å². The maximum absolute atomic E-state index is 13.1. The minimum absolute atomic E-state index is 0.0761. The van der Waals surface area contributed by atoms with Crippen molar-refractivity contribution in [2.24, 2.45) is 0 Å². The van der Waals surface area contributed by atoms with Gasteiger partial charge in [-0.25, -0.2) is 10.1 Å². The molecule has 0 saturated heterocycles. The molecular formula is C14H12F2O7S. The van der Waals surface area contributed by atoms with E-state index in [-0.39, 0.29) is 12.4 Å². The Kier molecular flexibility index (Phi) is 6.15. The molecule has 0 aliphatic rings. The molecule has 0 unspecified atom stereocenters. The first-order valence-electron chi connectivity index (χ1n) is 6.50. The molecule has 24 heavy (non-hydrogen) atoms. The molecule has 0 aromatic heterocycles. The molecule has 2 aromatic carbocycles. The summed E-state index contributed by atoms with van der Waals surface area (Å²) in [6.07, 6.45) is 0. The van der Waals surface area contributed by atoms with Crippen LogP contribution in [0.1, 0.15) is 0 Å². The molecule has 2 rings (SSSR count). The van der Waals surface area contributed by atoms with E-state index in [1.807, 2.05) is 0 Å². The van der Waals surface area contributed by atoms with Gasteiger partial charge in [-0.3, -0.25) is 0 Å². The molecule has 0 saturated carbocycles. The van der Waals surface area contributed by atoms with Crippen LogP contribution in [0.15, 0.2) is 36.4 Å². The lowest BCUT2D eigenvalue weighted by atomic mass is 10.1. The zero-order valence-corrected chi connectivity index (χ0v) is 12.8. The number of phenolic OH excluding ortho intramolecular Hbond substituents is 1. The van der Waals surface area contributed by atoms with Crippen LogP contribution in [0.2, 0.25) is 0 Å². The number of rotatable bonds is 8. The summed E-state index contributed by atoms with van der Waals surface area (Å²) in [6, 6.07) is 9.84. The first-order chi connectivity index (χ1) is 11.5. The van der Waals surface area contributed by atoms with E-state index in [0.717, 1.165) is 0 Å². The minimum Gasteiger partial charge on any atom is -0.507 e. The predicted octanol–water partition coefficient (Wildman–Crippen LogP) is 3.13. The summed E-state index contributed by atoms with van der Waals surface area (Å²) in [5.41, 5.74) is 0. The van der Waals surface area contributed by atoms with Crippen molar-refractivity contribution in [2.75, 3.05) is 13.2 Å². The lowest BCUT2D eigenvalue weighted by Crippen LogP contribution is -2.28. The fourth-order valence-corrected chi connectivity index (χ4v) is 2.10. The van der Waals surface area contributed by atoms with Gasteiger partial charge in [-0.2, -0.15) is 8.78 Å². The number of carbonyl (C=O) groups excluding carboxylic acids is 1. The molecule has 2 aromatic rings. The SMILES string of the molecule is O=C(OCCOc1cccc2c(O)cccc12)C(F)(F)SOOO. The van der Waals surface area contributed by atoms with Gasteiger partial charge in [0.15, 0.2) is 0 Å². The average Bonchev–Trinajstić information content (AvgIpc) is 2.57. The number of carbonyl (C=O) groups is 1. The maximum Gasteiger partial charge on any atom is 0.415 e. The van der Waals surface area contributed by atoms with Crippen LogP contribution in [-0.4, -0.2) is 34.8 Å². The van der Waals surface area contributed by atoms with Crippen LogP contribution in [0.5, 0.6) is 11.5 Å². The third-order valence-electron chi connectivity index (χ3n) is 2.84. The average molecular weight is 362 g/mol. The van der Waals surface area contributed by atoms with Crippen molar-refractivity contribution < 1.29 is 42.8 Å². The second-order valence-corrected chi connectivity index (χ2v) is 5.17. The summed E-state index contributed by atoms with van der Waals surface area (Å²) in [4.78, 5) is 11.1. The Bertz CT molecular complexity index is 711. The molecule has 10 heteroatoms. The monoisotopic (exact) mass is 362 g/mol. The summed E-state index contributed by atoms with van der Waals surface area (Å²) in [7, 11) is 0. The van der Waals surface area contributed by atoms with Crippen molar-refractivity contribution in [1.29, 1.82) is 0 Å². The maximum atomic E-state index is 13.1. The molecule has 0 atom stereocenters. The van der Waals surface area contributed by atoms with Crippen LogP contribution in [0.25, 0.3) is 10.8 Å². The molecule has 0 heterocycles. The highest BCUT2D eigenvalue weighted by molar-refractivity contribution is 7.96. The van der Waals surface area contributed by atoms with Crippen molar-refractivity contribution in [2.45, 2.75) is 5.25 Å². The number of aromatic hydroxyl groups is 1. The van der Waals surface area contributed by atoms with Crippen LogP contribution in [0, 0.1) is 0 Å². The van der Waals surface area contributed by atoms with E-state index in [1.54, 1.807) is 30.3 Å². The highest BCUT2D eigenvalue weighted by atomic mass is 32.2. The topological polar surface area (TPSA) is 94.5 Å². The van der Waals surface area contributed by atoms with Crippen LogP contribution in [0.4, 0.5) is 8.78 Å². The number of halogens is 2. The standard InChI is InChI=1S/C14H12F2O7S/c15-14(16,24-23-22-19)13(18)21-8-7-20-12-6-2-3-9-10(12)4-1-5-11(9)17/h1-6,17,19H,7-8H2. The van der Waals surface area contributed by atoms with E-state index in [4.69, 9.17) is 9.99 Å². The molecule has 0 spiro atoms. The van der Waals surface area contributed by atoms with Gasteiger partial charge in [0.25, 0.3) is 0 Å². The normalized spacial score (nSPS) is 11.5. The first-order valence-corrected chi connectivity index (χ1v) is 7.24. The van der Waals surface area contributed by atoms with E-state index >= 15 is 0 Å². The number of fused-ring (bicyclic) bond motifs is 1. The molecule has 0 aliphatic heterocycles. The lowest BCUT2D eigenvalue weighted by molar-refractivity contribution is -0.433. The largest absolute Gasteiger partial charge is 0.507 e. The molecule has 0 bridgehead atoms. The molecule has 130 valence electrons. The lowest BCUT2D eigenvalue weighted by Gasteiger charge is -2.13. The smallest absolute Gasteiger partial charge is 0.415 e.